The molecule has 0 aliphatic heterocycles. The highest BCUT2D eigenvalue weighted by Crippen LogP contribution is 2.30. The fraction of sp³-hybridized carbons (Fsp3) is 0.412. The highest BCUT2D eigenvalue weighted by Gasteiger charge is 2.18. The lowest BCUT2D eigenvalue weighted by Gasteiger charge is -2.21. The summed E-state index contributed by atoms with van der Waals surface area (Å²) in [6, 6.07) is 8.37. The molecule has 0 radical (unpaired) electrons. The maximum absolute atomic E-state index is 10.9. The first-order valence-corrected chi connectivity index (χ1v) is 6.97. The van der Waals surface area contributed by atoms with Gasteiger partial charge < -0.3 is 5.73 Å². The van der Waals surface area contributed by atoms with Gasteiger partial charge in [-0.1, -0.05) is 39.0 Å². The minimum absolute atomic E-state index is 0.0429. The lowest BCUT2D eigenvalue weighted by atomic mass is 9.85. The summed E-state index contributed by atoms with van der Waals surface area (Å²) in [4.78, 5) is 15.7. The van der Waals surface area contributed by atoms with Crippen molar-refractivity contribution in [1.29, 1.82) is 0 Å². The van der Waals surface area contributed by atoms with Gasteiger partial charge >= 0.3 is 0 Å². The van der Waals surface area contributed by atoms with Crippen molar-refractivity contribution in [2.45, 2.75) is 46.0 Å². The summed E-state index contributed by atoms with van der Waals surface area (Å²) in [6.07, 6.45) is 0.945. The summed E-state index contributed by atoms with van der Waals surface area (Å²) in [7, 11) is 0. The van der Waals surface area contributed by atoms with Crippen molar-refractivity contribution >= 4 is 16.8 Å². The van der Waals surface area contributed by atoms with Gasteiger partial charge in [0.1, 0.15) is 0 Å². The largest absolute Gasteiger partial charge is 0.370 e. The van der Waals surface area contributed by atoms with Crippen molar-refractivity contribution in [3.63, 3.8) is 0 Å². The number of hydrogen-bond acceptors (Lipinski definition) is 2. The second-order valence-corrected chi connectivity index (χ2v) is 6.35. The number of fused-ring (bicyclic) bond motifs is 1. The molecule has 3 nitrogen and oxygen atoms in total. The summed E-state index contributed by atoms with van der Waals surface area (Å²) in [5.41, 5.74) is 9.67. The number of hydrogen-bond donors (Lipinski definition) is 1. The first-order valence-electron chi connectivity index (χ1n) is 6.97. The molecule has 1 heterocycles. The lowest BCUT2D eigenvalue weighted by molar-refractivity contribution is -0.118. The van der Waals surface area contributed by atoms with Gasteiger partial charge in [0.15, 0.2) is 0 Å². The molecule has 0 fully saturated rings. The van der Waals surface area contributed by atoms with Crippen LogP contribution in [0.3, 0.4) is 0 Å². The number of amides is 1. The number of nitrogens with two attached hydrogens (primary N) is 1. The molecule has 2 N–H and O–H groups in total. The fourth-order valence-electron chi connectivity index (χ4n) is 2.47. The van der Waals surface area contributed by atoms with Crippen molar-refractivity contribution in [1.82, 2.24) is 4.98 Å². The summed E-state index contributed by atoms with van der Waals surface area (Å²) >= 11 is 0. The Morgan fingerprint density at radius 1 is 1.30 bits per heavy atom. The van der Waals surface area contributed by atoms with Gasteiger partial charge in [0.25, 0.3) is 0 Å². The average molecular weight is 270 g/mol. The quantitative estimate of drug-likeness (QED) is 0.930. The van der Waals surface area contributed by atoms with Crippen molar-refractivity contribution in [3.8, 4) is 0 Å². The molecule has 20 heavy (non-hydrogen) atoms. The number of carbonyl (C=O) groups is 1. The van der Waals surface area contributed by atoms with E-state index in [0.717, 1.165) is 11.2 Å². The maximum Gasteiger partial charge on any atom is 0.217 e. The molecule has 3 heteroatoms. The van der Waals surface area contributed by atoms with Crippen molar-refractivity contribution < 1.29 is 4.79 Å². The predicted octanol–water partition coefficient (Wildman–Crippen LogP) is 3.26. The molecule has 2 rings (SSSR count). The number of benzene rings is 1. The molecule has 0 spiro atoms. The molecule has 0 saturated carbocycles. The van der Waals surface area contributed by atoms with Crippen molar-refractivity contribution in [2.75, 3.05) is 0 Å². The summed E-state index contributed by atoms with van der Waals surface area (Å²) in [5, 5.41) is 1.18. The third-order valence-electron chi connectivity index (χ3n) is 3.53. The van der Waals surface area contributed by atoms with Crippen LogP contribution in [-0.4, -0.2) is 10.9 Å². The Morgan fingerprint density at radius 2 is 2.00 bits per heavy atom. The van der Waals surface area contributed by atoms with Gasteiger partial charge in [0.05, 0.1) is 5.52 Å². The molecule has 0 unspecified atom stereocenters. The van der Waals surface area contributed by atoms with Crippen LogP contribution >= 0.6 is 0 Å². The zero-order valence-corrected chi connectivity index (χ0v) is 12.7. The first-order chi connectivity index (χ1) is 9.29. The van der Waals surface area contributed by atoms with E-state index in [1.165, 1.54) is 16.5 Å². The van der Waals surface area contributed by atoms with E-state index in [2.05, 4.69) is 52.0 Å². The van der Waals surface area contributed by atoms with Crippen LogP contribution in [0.5, 0.6) is 0 Å². The highest BCUT2D eigenvalue weighted by molar-refractivity contribution is 5.86. The van der Waals surface area contributed by atoms with E-state index in [-0.39, 0.29) is 11.3 Å². The van der Waals surface area contributed by atoms with Crippen LogP contribution in [-0.2, 0) is 16.6 Å². The van der Waals surface area contributed by atoms with Gasteiger partial charge in [-0.05, 0) is 36.0 Å². The smallest absolute Gasteiger partial charge is 0.217 e. The van der Waals surface area contributed by atoms with Crippen LogP contribution in [0.1, 0.15) is 44.0 Å². The van der Waals surface area contributed by atoms with E-state index in [1.807, 2.05) is 0 Å². The van der Waals surface area contributed by atoms with Gasteiger partial charge in [-0.15, -0.1) is 0 Å². The highest BCUT2D eigenvalue weighted by atomic mass is 16.1. The van der Waals surface area contributed by atoms with E-state index in [0.29, 0.717) is 12.8 Å². The third-order valence-corrected chi connectivity index (χ3v) is 3.53. The molecule has 0 aliphatic carbocycles. The Morgan fingerprint density at radius 3 is 2.60 bits per heavy atom. The van der Waals surface area contributed by atoms with Crippen LogP contribution in [0.2, 0.25) is 0 Å². The molecular formula is C17H22N2O. The topological polar surface area (TPSA) is 56.0 Å². The second-order valence-electron chi connectivity index (χ2n) is 6.35. The Bertz CT molecular complexity index is 654. The molecule has 0 bridgehead atoms. The van der Waals surface area contributed by atoms with Crippen LogP contribution in [0.25, 0.3) is 10.9 Å². The van der Waals surface area contributed by atoms with Crippen LogP contribution in [0.15, 0.2) is 24.3 Å². The van der Waals surface area contributed by atoms with E-state index >= 15 is 0 Å². The van der Waals surface area contributed by atoms with Crippen LogP contribution < -0.4 is 5.73 Å². The van der Waals surface area contributed by atoms with Gasteiger partial charge in [-0.2, -0.15) is 0 Å². The molecule has 0 atom stereocenters. The summed E-state index contributed by atoms with van der Waals surface area (Å²) < 4.78 is 0. The molecule has 0 saturated heterocycles. The molecule has 106 valence electrons. The predicted molar refractivity (Wildman–Crippen MR) is 82.7 cm³/mol. The number of aromatic nitrogens is 1. The van der Waals surface area contributed by atoms with E-state index < -0.39 is 0 Å². The van der Waals surface area contributed by atoms with Crippen LogP contribution in [0, 0.1) is 6.92 Å². The number of para-hydroxylation sites is 1. The van der Waals surface area contributed by atoms with E-state index in [1.54, 1.807) is 0 Å². The van der Waals surface area contributed by atoms with E-state index in [9.17, 15) is 4.79 Å². The molecule has 1 aromatic carbocycles. The molecule has 2 aromatic rings. The number of nitrogens with zero attached hydrogens (tertiary/aromatic N) is 1. The Kier molecular flexibility index (Phi) is 3.80. The lowest BCUT2D eigenvalue weighted by Crippen LogP contribution is -2.14. The second kappa shape index (κ2) is 5.23. The average Bonchev–Trinajstić information content (AvgIpc) is 2.34. The monoisotopic (exact) mass is 270 g/mol. The SMILES string of the molecule is Cc1cc(CCC(N)=O)nc2c(C(C)(C)C)cccc12. The number of pyridine rings is 1. The number of rotatable bonds is 3. The molecular weight excluding hydrogens is 248 g/mol. The Labute approximate surface area is 120 Å². The number of carbonyl (C=O) groups excluding carboxylic acids is 1. The molecule has 1 amide bonds. The van der Waals surface area contributed by atoms with Crippen molar-refractivity contribution in [2.24, 2.45) is 5.73 Å². The zero-order chi connectivity index (χ0) is 14.9. The van der Waals surface area contributed by atoms with Gasteiger partial charge in [0, 0.05) is 17.5 Å². The van der Waals surface area contributed by atoms with Gasteiger partial charge in [0.2, 0.25) is 5.91 Å². The van der Waals surface area contributed by atoms with Crippen molar-refractivity contribution in [3.05, 3.63) is 41.1 Å². The Hall–Kier alpha value is -1.90. The maximum atomic E-state index is 10.9. The molecule has 1 aromatic heterocycles. The third kappa shape index (κ3) is 2.98. The Balaban J connectivity index is 2.58. The number of primary amides is 1. The number of aryl methyl sites for hydroxylation is 2. The van der Waals surface area contributed by atoms with Crippen LogP contribution in [0.4, 0.5) is 0 Å². The van der Waals surface area contributed by atoms with Gasteiger partial charge in [-0.3, -0.25) is 9.78 Å². The minimum Gasteiger partial charge on any atom is -0.370 e. The normalized spacial score (nSPS) is 11.8. The molecule has 0 aliphatic rings. The van der Waals surface area contributed by atoms with Gasteiger partial charge in [-0.25, -0.2) is 0 Å². The first kappa shape index (κ1) is 14.5. The van der Waals surface area contributed by atoms with E-state index in [4.69, 9.17) is 10.7 Å². The standard InChI is InChI=1S/C17H22N2O/c1-11-10-12(8-9-15(18)20)19-16-13(11)6-5-7-14(16)17(2,3)4/h5-7,10H,8-9H2,1-4H3,(H2,18,20). The minimum atomic E-state index is -0.284. The summed E-state index contributed by atoms with van der Waals surface area (Å²) in [6.45, 7) is 8.66. The fourth-order valence-corrected chi connectivity index (χ4v) is 2.47. The summed E-state index contributed by atoms with van der Waals surface area (Å²) in [5.74, 6) is -0.284. The zero-order valence-electron chi connectivity index (χ0n) is 12.7.